The Labute approximate surface area is 205 Å². The third kappa shape index (κ3) is 16.8. The molecule has 1 unspecified atom stereocenters. The van der Waals surface area contributed by atoms with Gasteiger partial charge in [0.25, 0.3) is 0 Å². The van der Waals surface area contributed by atoms with Gasteiger partial charge in [-0.1, -0.05) is 84.0 Å². The van der Waals surface area contributed by atoms with Crippen LogP contribution < -0.4 is 5.73 Å². The Morgan fingerprint density at radius 3 is 1.76 bits per heavy atom. The van der Waals surface area contributed by atoms with Gasteiger partial charge in [-0.05, 0) is 6.42 Å². The van der Waals surface area contributed by atoms with Crippen LogP contribution in [0, 0.1) is 0 Å². The minimum Gasteiger partial charge on any atom is -0.466 e. The lowest BCUT2D eigenvalue weighted by atomic mass is 9.98. The van der Waals surface area contributed by atoms with E-state index < -0.39 is 37.3 Å². The molecule has 0 saturated carbocycles. The van der Waals surface area contributed by atoms with Crippen LogP contribution in [0.25, 0.3) is 0 Å². The molecule has 7 N–H and O–H groups in total. The van der Waals surface area contributed by atoms with Crippen molar-refractivity contribution in [3.05, 3.63) is 0 Å². The smallest absolute Gasteiger partial charge is 0.305 e. The van der Waals surface area contributed by atoms with Gasteiger partial charge in [0.2, 0.25) is 0 Å². The first-order chi connectivity index (χ1) is 16.4. The van der Waals surface area contributed by atoms with Crippen molar-refractivity contribution in [1.29, 1.82) is 0 Å². The summed E-state index contributed by atoms with van der Waals surface area (Å²) in [6.45, 7) is 2.24. The van der Waals surface area contributed by atoms with E-state index in [-0.39, 0.29) is 12.6 Å². The number of hydrogen-bond donors (Lipinski definition) is 6. The van der Waals surface area contributed by atoms with Crippen molar-refractivity contribution in [3.63, 3.8) is 0 Å². The highest BCUT2D eigenvalue weighted by Crippen LogP contribution is 2.17. The lowest BCUT2D eigenvalue weighted by molar-refractivity contribution is -0.248. The molecule has 0 amide bonds. The molecule has 9 heteroatoms. The van der Waals surface area contributed by atoms with Gasteiger partial charge in [-0.25, -0.2) is 0 Å². The first-order valence-electron chi connectivity index (χ1n) is 13.2. The minimum atomic E-state index is -1.35. The van der Waals surface area contributed by atoms with Crippen LogP contribution in [0.1, 0.15) is 103 Å². The molecule has 0 aliphatic carbocycles. The number of carbonyl (C=O) groups is 1. The number of carbonyl (C=O) groups excluding carboxylic acids is 1. The Morgan fingerprint density at radius 1 is 0.794 bits per heavy atom. The molecule has 1 heterocycles. The number of hydrogen-bond acceptors (Lipinski definition) is 9. The van der Waals surface area contributed by atoms with Gasteiger partial charge in [0.1, 0.15) is 18.3 Å². The minimum absolute atomic E-state index is 0.0893. The maximum absolute atomic E-state index is 11.3. The lowest BCUT2D eigenvalue weighted by Gasteiger charge is -2.38. The third-order valence-corrected chi connectivity index (χ3v) is 6.00. The second kappa shape index (κ2) is 22.6. The third-order valence-electron chi connectivity index (χ3n) is 6.00. The van der Waals surface area contributed by atoms with Crippen molar-refractivity contribution < 1.29 is 39.8 Å². The summed E-state index contributed by atoms with van der Waals surface area (Å²) in [4.78, 5) is 11.3. The van der Waals surface area contributed by atoms with Crippen molar-refractivity contribution in [3.8, 4) is 0 Å². The Balaban J connectivity index is 0.000000757. The van der Waals surface area contributed by atoms with Gasteiger partial charge in [0.05, 0.1) is 19.3 Å². The maximum Gasteiger partial charge on any atom is 0.305 e. The van der Waals surface area contributed by atoms with Gasteiger partial charge < -0.3 is 40.7 Å². The Morgan fingerprint density at radius 2 is 1.29 bits per heavy atom. The van der Waals surface area contributed by atoms with E-state index >= 15 is 0 Å². The van der Waals surface area contributed by atoms with Crippen molar-refractivity contribution in [2.45, 2.75) is 134 Å². The summed E-state index contributed by atoms with van der Waals surface area (Å²) in [5.41, 5.74) is 5.26. The molecule has 0 radical (unpaired) electrons. The van der Waals surface area contributed by atoms with Crippen LogP contribution in [0.5, 0.6) is 0 Å². The Bertz CT molecular complexity index is 463. The molecule has 0 aromatic carbocycles. The average Bonchev–Trinajstić information content (AvgIpc) is 2.83. The molecule has 204 valence electrons. The Kier molecular flexibility index (Phi) is 22.1. The summed E-state index contributed by atoms with van der Waals surface area (Å²) in [6, 6.07) is -1.04. The standard InChI is InChI=1S/C19H38O3.C6H13NO5/c1-2-3-4-5-6-7-8-9-10-11-12-13-14-16-19(21)22-18-15-17-20;7-3-5(10)4(9)2(1-8)12-6(3)11/h20H,2-18H2,1H3;2-6,8-11H,1,7H2/t;2-,3-,4-,5-,6?/m.1/s1. The van der Waals surface area contributed by atoms with Crippen molar-refractivity contribution in [2.24, 2.45) is 5.73 Å². The quantitative estimate of drug-likeness (QED) is 0.124. The SMILES string of the molecule is CCCCCCCCCCCCCCCC(=O)OCCCO.N[C@H]1C(O)O[C@H](CO)[C@@H](O)[C@@H]1O. The molecule has 1 saturated heterocycles. The number of esters is 1. The number of rotatable bonds is 18. The molecule has 1 aliphatic rings. The van der Waals surface area contributed by atoms with Crippen molar-refractivity contribution in [2.75, 3.05) is 19.8 Å². The number of aliphatic hydroxyl groups excluding tert-OH is 5. The number of aliphatic hydroxyl groups is 5. The molecule has 1 fully saturated rings. The largest absolute Gasteiger partial charge is 0.466 e. The van der Waals surface area contributed by atoms with Crippen LogP contribution in [0.15, 0.2) is 0 Å². The van der Waals surface area contributed by atoms with Crippen LogP contribution in [-0.4, -0.2) is 82.0 Å². The fourth-order valence-corrected chi connectivity index (χ4v) is 3.73. The fraction of sp³-hybridized carbons (Fsp3) is 0.960. The highest BCUT2D eigenvalue weighted by atomic mass is 16.6. The zero-order chi connectivity index (χ0) is 25.6. The van der Waals surface area contributed by atoms with Gasteiger partial charge in [-0.2, -0.15) is 0 Å². The molecule has 5 atom stereocenters. The van der Waals surface area contributed by atoms with Gasteiger partial charge >= 0.3 is 5.97 Å². The van der Waals surface area contributed by atoms with Crippen LogP contribution >= 0.6 is 0 Å². The predicted molar refractivity (Wildman–Crippen MR) is 131 cm³/mol. The molecule has 1 rings (SSSR count). The zero-order valence-electron chi connectivity index (χ0n) is 21.2. The molecule has 0 spiro atoms. The number of nitrogens with two attached hydrogens (primary N) is 1. The molecule has 0 aromatic rings. The predicted octanol–water partition coefficient (Wildman–Crippen LogP) is 2.14. The molecule has 1 aliphatic heterocycles. The van der Waals surface area contributed by atoms with E-state index in [0.717, 1.165) is 12.8 Å². The summed E-state index contributed by atoms with van der Waals surface area (Å²) in [7, 11) is 0. The van der Waals surface area contributed by atoms with Crippen molar-refractivity contribution >= 4 is 5.97 Å². The summed E-state index contributed by atoms with van der Waals surface area (Å²) in [6.07, 6.45) is 13.3. The van der Waals surface area contributed by atoms with E-state index in [9.17, 15) is 15.0 Å². The summed E-state index contributed by atoms with van der Waals surface area (Å²) in [5.74, 6) is -0.114. The fourth-order valence-electron chi connectivity index (χ4n) is 3.73. The summed E-state index contributed by atoms with van der Waals surface area (Å²) < 4.78 is 9.69. The van der Waals surface area contributed by atoms with E-state index in [1.807, 2.05) is 0 Å². The van der Waals surface area contributed by atoms with E-state index in [1.54, 1.807) is 0 Å². The van der Waals surface area contributed by atoms with Crippen LogP contribution in [-0.2, 0) is 14.3 Å². The van der Waals surface area contributed by atoms with Crippen LogP contribution in [0.2, 0.25) is 0 Å². The Hall–Kier alpha value is -0.810. The topological polar surface area (TPSA) is 163 Å². The monoisotopic (exact) mass is 493 g/mol. The van der Waals surface area contributed by atoms with E-state index in [2.05, 4.69) is 6.92 Å². The van der Waals surface area contributed by atoms with Crippen LogP contribution in [0.3, 0.4) is 0 Å². The molecular formula is C25H51NO8. The highest BCUT2D eigenvalue weighted by Gasteiger charge is 2.41. The number of ether oxygens (including phenoxy) is 2. The first kappa shape index (κ1) is 33.2. The van der Waals surface area contributed by atoms with E-state index in [4.69, 9.17) is 30.5 Å². The summed E-state index contributed by atoms with van der Waals surface area (Å²) in [5, 5.41) is 44.7. The molecule has 9 nitrogen and oxygen atoms in total. The molecule has 0 aromatic heterocycles. The van der Waals surface area contributed by atoms with E-state index in [1.165, 1.54) is 70.6 Å². The molecule has 0 bridgehead atoms. The lowest BCUT2D eigenvalue weighted by Crippen LogP contribution is -2.61. The van der Waals surface area contributed by atoms with E-state index in [0.29, 0.717) is 19.4 Å². The van der Waals surface area contributed by atoms with Gasteiger partial charge in [-0.3, -0.25) is 4.79 Å². The average molecular weight is 494 g/mol. The first-order valence-corrected chi connectivity index (χ1v) is 13.2. The summed E-state index contributed by atoms with van der Waals surface area (Å²) >= 11 is 0. The normalized spacial score (nSPS) is 24.4. The second-order valence-electron chi connectivity index (χ2n) is 9.10. The van der Waals surface area contributed by atoms with Crippen LogP contribution in [0.4, 0.5) is 0 Å². The zero-order valence-corrected chi connectivity index (χ0v) is 21.2. The van der Waals surface area contributed by atoms with Gasteiger partial charge in [0, 0.05) is 19.4 Å². The number of unbranched alkanes of at least 4 members (excludes halogenated alkanes) is 12. The maximum atomic E-state index is 11.3. The molecular weight excluding hydrogens is 442 g/mol. The van der Waals surface area contributed by atoms with Gasteiger partial charge in [0.15, 0.2) is 6.29 Å². The highest BCUT2D eigenvalue weighted by molar-refractivity contribution is 5.69. The second-order valence-corrected chi connectivity index (χ2v) is 9.10. The van der Waals surface area contributed by atoms with Crippen molar-refractivity contribution in [1.82, 2.24) is 0 Å². The van der Waals surface area contributed by atoms with Gasteiger partial charge in [-0.15, -0.1) is 0 Å². The molecule has 34 heavy (non-hydrogen) atoms.